The van der Waals surface area contributed by atoms with Crippen molar-refractivity contribution in [2.75, 3.05) is 13.2 Å². The number of carboxylic acid groups (broad SMARTS) is 2. The van der Waals surface area contributed by atoms with Gasteiger partial charge in [0, 0.05) is 24.7 Å². The van der Waals surface area contributed by atoms with Crippen molar-refractivity contribution in [3.05, 3.63) is 18.2 Å². The number of imidazole rings is 1. The van der Waals surface area contributed by atoms with Crippen LogP contribution < -0.4 is 21.7 Å². The molecule has 0 aliphatic carbocycles. The van der Waals surface area contributed by atoms with Crippen molar-refractivity contribution in [1.82, 2.24) is 25.9 Å². The third kappa shape index (κ3) is 8.24. The average Bonchev–Trinajstić information content (AvgIpc) is 3.20. The van der Waals surface area contributed by atoms with Crippen LogP contribution in [-0.4, -0.2) is 86.2 Å². The van der Waals surface area contributed by atoms with Crippen molar-refractivity contribution in [3.63, 3.8) is 0 Å². The molecule has 0 spiro atoms. The molecular weight excluding hydrogens is 404 g/mol. The van der Waals surface area contributed by atoms with Gasteiger partial charge in [-0.05, 0) is 6.42 Å². The molecule has 3 atom stereocenters. The van der Waals surface area contributed by atoms with Crippen LogP contribution in [0.3, 0.4) is 0 Å². The molecular formula is C16H24N6O8. The van der Waals surface area contributed by atoms with E-state index in [2.05, 4.69) is 25.9 Å². The van der Waals surface area contributed by atoms with E-state index in [1.54, 1.807) is 0 Å². The molecule has 0 saturated carbocycles. The number of hydrogen-bond donors (Lipinski definition) is 8. The normalized spacial score (nSPS) is 13.5. The minimum atomic E-state index is -1.54. The van der Waals surface area contributed by atoms with Crippen LogP contribution in [0, 0.1) is 0 Å². The first-order chi connectivity index (χ1) is 14.2. The monoisotopic (exact) mass is 428 g/mol. The van der Waals surface area contributed by atoms with Crippen LogP contribution >= 0.6 is 0 Å². The number of amides is 3. The molecule has 30 heavy (non-hydrogen) atoms. The number of carbonyl (C=O) groups excluding carboxylic acids is 3. The predicted molar refractivity (Wildman–Crippen MR) is 98.7 cm³/mol. The van der Waals surface area contributed by atoms with E-state index in [1.807, 2.05) is 0 Å². The Morgan fingerprint density at radius 3 is 2.17 bits per heavy atom. The molecule has 0 aliphatic rings. The van der Waals surface area contributed by atoms with E-state index >= 15 is 0 Å². The van der Waals surface area contributed by atoms with E-state index in [9.17, 15) is 34.2 Å². The minimum absolute atomic E-state index is 0.124. The molecule has 1 rings (SSSR count). The van der Waals surface area contributed by atoms with Crippen LogP contribution in [0.5, 0.6) is 0 Å². The summed E-state index contributed by atoms with van der Waals surface area (Å²) < 4.78 is 0. The number of nitrogens with two attached hydrogens (primary N) is 1. The molecule has 0 bridgehead atoms. The third-order valence-corrected chi connectivity index (χ3v) is 3.89. The molecule has 1 aromatic rings. The summed E-state index contributed by atoms with van der Waals surface area (Å²) in [6.07, 6.45) is 1.84. The smallest absolute Gasteiger partial charge is 0.326 e. The van der Waals surface area contributed by atoms with Crippen LogP contribution in [0.2, 0.25) is 0 Å². The fourth-order valence-corrected chi connectivity index (χ4v) is 2.34. The second-order valence-electron chi connectivity index (χ2n) is 6.18. The number of rotatable bonds is 13. The topological polar surface area (TPSA) is 237 Å². The minimum Gasteiger partial charge on any atom is -0.481 e. The summed E-state index contributed by atoms with van der Waals surface area (Å²) in [5.41, 5.74) is 5.60. The Morgan fingerprint density at radius 1 is 1.03 bits per heavy atom. The SMILES string of the molecule is NCC(=O)NC(CCC(=O)O)C(=O)NC(CO)C(=O)NC(Cc1cnc[nH]1)C(=O)O. The van der Waals surface area contributed by atoms with Crippen molar-refractivity contribution < 1.29 is 39.3 Å². The number of nitrogens with zero attached hydrogens (tertiary/aromatic N) is 1. The second-order valence-corrected chi connectivity index (χ2v) is 6.18. The summed E-state index contributed by atoms with van der Waals surface area (Å²) in [4.78, 5) is 64.8. The van der Waals surface area contributed by atoms with Crippen LogP contribution in [0.25, 0.3) is 0 Å². The zero-order valence-electron chi connectivity index (χ0n) is 15.8. The number of carbonyl (C=O) groups is 5. The van der Waals surface area contributed by atoms with Crippen molar-refractivity contribution in [1.29, 1.82) is 0 Å². The summed E-state index contributed by atoms with van der Waals surface area (Å²) >= 11 is 0. The quantitative estimate of drug-likeness (QED) is 0.153. The van der Waals surface area contributed by atoms with Crippen molar-refractivity contribution in [3.8, 4) is 0 Å². The molecule has 14 heteroatoms. The summed E-state index contributed by atoms with van der Waals surface area (Å²) in [6, 6.07) is -4.23. The van der Waals surface area contributed by atoms with Gasteiger partial charge in [-0.1, -0.05) is 0 Å². The highest BCUT2D eigenvalue weighted by molar-refractivity contribution is 5.93. The van der Waals surface area contributed by atoms with E-state index in [0.717, 1.165) is 0 Å². The highest BCUT2D eigenvalue weighted by Crippen LogP contribution is 2.02. The number of aromatic nitrogens is 2. The van der Waals surface area contributed by atoms with Gasteiger partial charge in [-0.2, -0.15) is 0 Å². The Bertz CT molecular complexity index is 753. The van der Waals surface area contributed by atoms with Gasteiger partial charge in [-0.25, -0.2) is 9.78 Å². The van der Waals surface area contributed by atoms with Gasteiger partial charge in [-0.3, -0.25) is 19.2 Å². The molecule has 14 nitrogen and oxygen atoms in total. The fraction of sp³-hybridized carbons (Fsp3) is 0.500. The molecule has 0 radical (unpaired) electrons. The number of aliphatic hydroxyl groups is 1. The standard InChI is InChI=1S/C16H24N6O8/c17-4-12(24)20-9(1-2-13(25)26)14(27)22-11(6-23)15(28)21-10(16(29)30)3-8-5-18-7-19-8/h5,7,9-11,23H,1-4,6,17H2,(H,18,19)(H,20,24)(H,21,28)(H,22,27)(H,25,26)(H,29,30). The molecule has 9 N–H and O–H groups in total. The number of nitrogens with one attached hydrogen (secondary N) is 4. The summed E-state index contributed by atoms with van der Waals surface area (Å²) in [7, 11) is 0. The van der Waals surface area contributed by atoms with Crippen LogP contribution in [0.1, 0.15) is 18.5 Å². The molecule has 1 aromatic heterocycles. The molecule has 1 heterocycles. The van der Waals surface area contributed by atoms with Gasteiger partial charge < -0.3 is 42.0 Å². The number of aliphatic hydroxyl groups excluding tert-OH is 1. The van der Waals surface area contributed by atoms with Crippen LogP contribution in [0.15, 0.2) is 12.5 Å². The number of H-pyrrole nitrogens is 1. The van der Waals surface area contributed by atoms with Crippen LogP contribution in [0.4, 0.5) is 0 Å². The summed E-state index contributed by atoms with van der Waals surface area (Å²) in [5, 5.41) is 34.1. The lowest BCUT2D eigenvalue weighted by Gasteiger charge is -2.23. The lowest BCUT2D eigenvalue weighted by molar-refractivity contribution is -0.142. The van der Waals surface area contributed by atoms with Gasteiger partial charge >= 0.3 is 11.9 Å². The largest absolute Gasteiger partial charge is 0.481 e. The van der Waals surface area contributed by atoms with E-state index in [4.69, 9.17) is 10.8 Å². The average molecular weight is 428 g/mol. The van der Waals surface area contributed by atoms with E-state index in [1.165, 1.54) is 12.5 Å². The van der Waals surface area contributed by atoms with Crippen molar-refractivity contribution >= 4 is 29.7 Å². The Kier molecular flexibility index (Phi) is 9.91. The molecule has 3 amide bonds. The predicted octanol–water partition coefficient (Wildman–Crippen LogP) is -3.69. The summed E-state index contributed by atoms with van der Waals surface area (Å²) in [5.74, 6) is -5.21. The number of carboxylic acids is 2. The third-order valence-electron chi connectivity index (χ3n) is 3.89. The molecule has 3 unspecified atom stereocenters. The number of aromatic amines is 1. The maximum Gasteiger partial charge on any atom is 0.326 e. The zero-order valence-corrected chi connectivity index (χ0v) is 15.8. The van der Waals surface area contributed by atoms with Gasteiger partial charge in [0.25, 0.3) is 0 Å². The molecule has 0 aliphatic heterocycles. The maximum atomic E-state index is 12.4. The molecule has 166 valence electrons. The van der Waals surface area contributed by atoms with Crippen LogP contribution in [-0.2, 0) is 30.4 Å². The Hall–Kier alpha value is -3.52. The highest BCUT2D eigenvalue weighted by Gasteiger charge is 2.29. The first-order valence-electron chi connectivity index (χ1n) is 8.80. The van der Waals surface area contributed by atoms with Crippen molar-refractivity contribution in [2.24, 2.45) is 5.73 Å². The second kappa shape index (κ2) is 12.1. The molecule has 0 aromatic carbocycles. The Balaban J connectivity index is 2.80. The van der Waals surface area contributed by atoms with Gasteiger partial charge in [-0.15, -0.1) is 0 Å². The first kappa shape index (κ1) is 24.5. The molecule has 0 saturated heterocycles. The van der Waals surface area contributed by atoms with Gasteiger partial charge in [0.2, 0.25) is 17.7 Å². The van der Waals surface area contributed by atoms with Crippen molar-refractivity contribution in [2.45, 2.75) is 37.4 Å². The lowest BCUT2D eigenvalue weighted by Crippen LogP contribution is -2.57. The number of aliphatic carboxylic acids is 2. The zero-order chi connectivity index (χ0) is 22.7. The Labute approximate surface area is 170 Å². The van der Waals surface area contributed by atoms with Gasteiger partial charge in [0.1, 0.15) is 18.1 Å². The first-order valence-corrected chi connectivity index (χ1v) is 8.80. The maximum absolute atomic E-state index is 12.4. The van der Waals surface area contributed by atoms with E-state index < -0.39 is 67.4 Å². The van der Waals surface area contributed by atoms with E-state index in [0.29, 0.717) is 5.69 Å². The fourth-order valence-electron chi connectivity index (χ4n) is 2.34. The van der Waals surface area contributed by atoms with E-state index in [-0.39, 0.29) is 12.8 Å². The lowest BCUT2D eigenvalue weighted by atomic mass is 10.1. The highest BCUT2D eigenvalue weighted by atomic mass is 16.4. The number of hydrogen-bond acceptors (Lipinski definition) is 8. The summed E-state index contributed by atoms with van der Waals surface area (Å²) in [6.45, 7) is -1.32. The Morgan fingerprint density at radius 2 is 1.67 bits per heavy atom. The van der Waals surface area contributed by atoms with Gasteiger partial charge in [0.05, 0.1) is 19.5 Å². The van der Waals surface area contributed by atoms with Gasteiger partial charge in [0.15, 0.2) is 0 Å². The molecule has 0 fully saturated rings.